The summed E-state index contributed by atoms with van der Waals surface area (Å²) in [5, 5.41) is 18.5. The molecule has 0 bridgehead atoms. The Hall–Kier alpha value is -0.870. The Morgan fingerprint density at radius 2 is 2.33 bits per heavy atom. The molecule has 2 atom stereocenters. The predicted octanol–water partition coefficient (Wildman–Crippen LogP) is 0.195. The van der Waals surface area contributed by atoms with Crippen molar-refractivity contribution >= 4 is 5.97 Å². The van der Waals surface area contributed by atoms with Gasteiger partial charge < -0.3 is 14.9 Å². The maximum absolute atomic E-state index is 10.6. The molecule has 0 aromatic carbocycles. The Morgan fingerprint density at radius 3 is 2.67 bits per heavy atom. The van der Waals surface area contributed by atoms with Crippen molar-refractivity contribution in [3.05, 3.63) is 12.7 Å². The molecule has 0 radical (unpaired) electrons. The van der Waals surface area contributed by atoms with E-state index in [0.29, 0.717) is 6.42 Å². The Labute approximate surface area is 71.5 Å². The van der Waals surface area contributed by atoms with Crippen molar-refractivity contribution < 1.29 is 19.7 Å². The molecule has 0 amide bonds. The number of hydrogen-bond acceptors (Lipinski definition) is 4. The standard InChI is InChI=1S/C8H14O4/c1-4-6(9)8(3,11)12-7(10)5-2/h5-6,9,11H,2,4H2,1,3H3. The summed E-state index contributed by atoms with van der Waals surface area (Å²) in [6.45, 7) is 6.05. The zero-order chi connectivity index (χ0) is 9.78. The molecule has 0 aromatic heterocycles. The van der Waals surface area contributed by atoms with Gasteiger partial charge in [0.1, 0.15) is 6.10 Å². The van der Waals surface area contributed by atoms with Gasteiger partial charge in [0, 0.05) is 13.0 Å². The van der Waals surface area contributed by atoms with Crippen molar-refractivity contribution in [3.8, 4) is 0 Å². The van der Waals surface area contributed by atoms with E-state index in [1.807, 2.05) is 0 Å². The van der Waals surface area contributed by atoms with Gasteiger partial charge in [-0.25, -0.2) is 4.79 Å². The molecule has 4 heteroatoms. The molecule has 2 N–H and O–H groups in total. The third kappa shape index (κ3) is 3.02. The SMILES string of the molecule is C=CC(=O)OC(C)(O)C(O)CC. The van der Waals surface area contributed by atoms with Gasteiger partial charge in [-0.05, 0) is 6.42 Å². The van der Waals surface area contributed by atoms with E-state index in [1.54, 1.807) is 6.92 Å². The first-order valence-corrected chi connectivity index (χ1v) is 3.70. The quantitative estimate of drug-likeness (QED) is 0.363. The van der Waals surface area contributed by atoms with E-state index in [4.69, 9.17) is 5.11 Å². The number of carbonyl (C=O) groups is 1. The molecular formula is C8H14O4. The number of carbonyl (C=O) groups excluding carboxylic acids is 1. The van der Waals surface area contributed by atoms with Gasteiger partial charge >= 0.3 is 5.97 Å². The molecule has 12 heavy (non-hydrogen) atoms. The number of esters is 1. The minimum Gasteiger partial charge on any atom is -0.428 e. The summed E-state index contributed by atoms with van der Waals surface area (Å²) in [6.07, 6.45) is 0.148. The lowest BCUT2D eigenvalue weighted by Gasteiger charge is -2.27. The summed E-state index contributed by atoms with van der Waals surface area (Å²) < 4.78 is 4.49. The van der Waals surface area contributed by atoms with Crippen molar-refractivity contribution in [3.63, 3.8) is 0 Å². The molecule has 70 valence electrons. The molecule has 0 rings (SSSR count). The highest BCUT2D eigenvalue weighted by Crippen LogP contribution is 2.14. The van der Waals surface area contributed by atoms with E-state index in [1.165, 1.54) is 6.92 Å². The van der Waals surface area contributed by atoms with Crippen LogP contribution in [0, 0.1) is 0 Å². The Balaban J connectivity index is 4.20. The first kappa shape index (κ1) is 11.1. The minimum atomic E-state index is -1.83. The number of hydrogen-bond donors (Lipinski definition) is 2. The Kier molecular flexibility index (Phi) is 3.92. The summed E-state index contributed by atoms with van der Waals surface area (Å²) >= 11 is 0. The Bertz CT molecular complexity index is 174. The fourth-order valence-corrected chi connectivity index (χ4v) is 0.692. The van der Waals surface area contributed by atoms with E-state index in [2.05, 4.69) is 11.3 Å². The molecule has 0 aliphatic rings. The first-order valence-electron chi connectivity index (χ1n) is 3.70. The highest BCUT2D eigenvalue weighted by molar-refractivity contribution is 5.81. The molecule has 0 aromatic rings. The van der Waals surface area contributed by atoms with Crippen LogP contribution in [0.15, 0.2) is 12.7 Å². The average Bonchev–Trinajstić information content (AvgIpc) is 2.02. The predicted molar refractivity (Wildman–Crippen MR) is 43.2 cm³/mol. The number of rotatable bonds is 4. The van der Waals surface area contributed by atoms with Gasteiger partial charge in [0.25, 0.3) is 0 Å². The van der Waals surface area contributed by atoms with E-state index in [9.17, 15) is 9.90 Å². The van der Waals surface area contributed by atoms with E-state index < -0.39 is 17.9 Å². The molecule has 0 fully saturated rings. The largest absolute Gasteiger partial charge is 0.428 e. The van der Waals surface area contributed by atoms with Gasteiger partial charge in [-0.3, -0.25) is 0 Å². The van der Waals surface area contributed by atoms with Crippen LogP contribution >= 0.6 is 0 Å². The van der Waals surface area contributed by atoms with Crippen LogP contribution in [0.3, 0.4) is 0 Å². The monoisotopic (exact) mass is 174 g/mol. The molecular weight excluding hydrogens is 160 g/mol. The number of aliphatic hydroxyl groups excluding tert-OH is 1. The van der Waals surface area contributed by atoms with Crippen LogP contribution in [0.25, 0.3) is 0 Å². The van der Waals surface area contributed by atoms with E-state index >= 15 is 0 Å². The molecule has 2 unspecified atom stereocenters. The average molecular weight is 174 g/mol. The van der Waals surface area contributed by atoms with E-state index in [-0.39, 0.29) is 0 Å². The molecule has 0 aliphatic carbocycles. The third-order valence-corrected chi connectivity index (χ3v) is 1.48. The van der Waals surface area contributed by atoms with Crippen LogP contribution in [0.2, 0.25) is 0 Å². The second-order valence-corrected chi connectivity index (χ2v) is 2.60. The van der Waals surface area contributed by atoms with Crippen LogP contribution in [0.1, 0.15) is 20.3 Å². The summed E-state index contributed by atoms with van der Waals surface area (Å²) in [5.74, 6) is -2.59. The lowest BCUT2D eigenvalue weighted by molar-refractivity contribution is -0.234. The summed E-state index contributed by atoms with van der Waals surface area (Å²) in [7, 11) is 0. The van der Waals surface area contributed by atoms with Gasteiger partial charge in [0.2, 0.25) is 5.79 Å². The third-order valence-electron chi connectivity index (χ3n) is 1.48. The maximum atomic E-state index is 10.6. The molecule has 0 spiro atoms. The lowest BCUT2D eigenvalue weighted by Crippen LogP contribution is -2.42. The van der Waals surface area contributed by atoms with Crippen molar-refractivity contribution in [2.75, 3.05) is 0 Å². The van der Waals surface area contributed by atoms with Gasteiger partial charge in [0.15, 0.2) is 0 Å². The fourth-order valence-electron chi connectivity index (χ4n) is 0.692. The smallest absolute Gasteiger partial charge is 0.332 e. The van der Waals surface area contributed by atoms with Gasteiger partial charge in [0.05, 0.1) is 0 Å². The summed E-state index contributed by atoms with van der Waals surface area (Å²) in [4.78, 5) is 10.6. The van der Waals surface area contributed by atoms with Gasteiger partial charge in [-0.15, -0.1) is 0 Å². The topological polar surface area (TPSA) is 66.8 Å². The normalized spacial score (nSPS) is 17.7. The van der Waals surface area contributed by atoms with Gasteiger partial charge in [-0.2, -0.15) is 0 Å². The number of aliphatic hydroxyl groups is 2. The zero-order valence-electron chi connectivity index (χ0n) is 7.28. The van der Waals surface area contributed by atoms with Gasteiger partial charge in [-0.1, -0.05) is 13.5 Å². The van der Waals surface area contributed by atoms with Crippen LogP contribution in [-0.2, 0) is 9.53 Å². The Morgan fingerprint density at radius 1 is 1.83 bits per heavy atom. The van der Waals surface area contributed by atoms with Crippen LogP contribution in [0.4, 0.5) is 0 Å². The lowest BCUT2D eigenvalue weighted by atomic mass is 10.1. The molecule has 0 aliphatic heterocycles. The number of ether oxygens (including phenoxy) is 1. The van der Waals surface area contributed by atoms with Crippen molar-refractivity contribution in [1.82, 2.24) is 0 Å². The highest BCUT2D eigenvalue weighted by atomic mass is 16.7. The molecule has 4 nitrogen and oxygen atoms in total. The fraction of sp³-hybridized carbons (Fsp3) is 0.625. The second-order valence-electron chi connectivity index (χ2n) is 2.60. The van der Waals surface area contributed by atoms with Crippen LogP contribution < -0.4 is 0 Å². The van der Waals surface area contributed by atoms with Crippen LogP contribution in [-0.4, -0.2) is 28.1 Å². The minimum absolute atomic E-state index is 0.303. The summed E-state index contributed by atoms with van der Waals surface area (Å²) in [5.41, 5.74) is 0. The summed E-state index contributed by atoms with van der Waals surface area (Å²) in [6, 6.07) is 0. The molecule has 0 saturated heterocycles. The van der Waals surface area contributed by atoms with E-state index in [0.717, 1.165) is 6.08 Å². The maximum Gasteiger partial charge on any atom is 0.332 e. The first-order chi connectivity index (χ1) is 5.44. The molecule has 0 heterocycles. The second kappa shape index (κ2) is 4.23. The van der Waals surface area contributed by atoms with Crippen molar-refractivity contribution in [2.24, 2.45) is 0 Å². The zero-order valence-corrected chi connectivity index (χ0v) is 7.28. The van der Waals surface area contributed by atoms with Crippen molar-refractivity contribution in [2.45, 2.75) is 32.2 Å². The highest BCUT2D eigenvalue weighted by Gasteiger charge is 2.32. The van der Waals surface area contributed by atoms with Crippen molar-refractivity contribution in [1.29, 1.82) is 0 Å². The molecule has 0 saturated carbocycles. The van der Waals surface area contributed by atoms with Crippen LogP contribution in [0.5, 0.6) is 0 Å².